The summed E-state index contributed by atoms with van der Waals surface area (Å²) in [5.74, 6) is 0.456. The van der Waals surface area contributed by atoms with E-state index in [4.69, 9.17) is 5.73 Å². The van der Waals surface area contributed by atoms with Gasteiger partial charge in [-0.15, -0.1) is 0 Å². The van der Waals surface area contributed by atoms with Crippen molar-refractivity contribution in [1.82, 2.24) is 4.72 Å². The number of hydrogen-bond acceptors (Lipinski definition) is 3. The lowest BCUT2D eigenvalue weighted by molar-refractivity contribution is 0.282. The van der Waals surface area contributed by atoms with Gasteiger partial charge in [-0.05, 0) is 42.9 Å². The zero-order chi connectivity index (χ0) is 15.5. The first-order valence-electron chi connectivity index (χ1n) is 7.80. The number of nitrogens with one attached hydrogen (secondary N) is 1. The molecule has 5 heteroatoms. The van der Waals surface area contributed by atoms with E-state index in [1.807, 2.05) is 13.0 Å². The van der Waals surface area contributed by atoms with Crippen molar-refractivity contribution >= 4 is 10.0 Å². The average Bonchev–Trinajstić information content (AvgIpc) is 2.47. The summed E-state index contributed by atoms with van der Waals surface area (Å²) in [5.41, 5.74) is 7.31. The van der Waals surface area contributed by atoms with Crippen LogP contribution in [-0.2, 0) is 16.6 Å². The van der Waals surface area contributed by atoms with E-state index in [1.54, 1.807) is 12.1 Å². The maximum Gasteiger partial charge on any atom is 0.241 e. The molecule has 0 aliphatic heterocycles. The van der Waals surface area contributed by atoms with E-state index in [9.17, 15) is 8.42 Å². The summed E-state index contributed by atoms with van der Waals surface area (Å²) in [6.07, 6.45) is 5.40. The summed E-state index contributed by atoms with van der Waals surface area (Å²) in [5, 5.41) is 0. The van der Waals surface area contributed by atoms with Crippen molar-refractivity contribution in [3.05, 3.63) is 29.3 Å². The fourth-order valence-electron chi connectivity index (χ4n) is 3.25. The van der Waals surface area contributed by atoms with Crippen LogP contribution in [0.15, 0.2) is 23.1 Å². The van der Waals surface area contributed by atoms with Gasteiger partial charge in [0.15, 0.2) is 0 Å². The second kappa shape index (κ2) is 6.90. The van der Waals surface area contributed by atoms with E-state index in [1.165, 1.54) is 6.42 Å². The highest BCUT2D eigenvalue weighted by molar-refractivity contribution is 7.89. The summed E-state index contributed by atoms with van der Waals surface area (Å²) < 4.78 is 28.2. The van der Waals surface area contributed by atoms with E-state index < -0.39 is 10.0 Å². The van der Waals surface area contributed by atoms with Gasteiger partial charge in [-0.2, -0.15) is 0 Å². The quantitative estimate of drug-likeness (QED) is 0.878. The van der Waals surface area contributed by atoms with E-state index >= 15 is 0 Å². The number of hydrogen-bond donors (Lipinski definition) is 2. The fraction of sp³-hybridized carbons (Fsp3) is 0.625. The van der Waals surface area contributed by atoms with E-state index in [0.717, 1.165) is 36.8 Å². The molecule has 0 bridgehead atoms. The summed E-state index contributed by atoms with van der Waals surface area (Å²) in [6.45, 7) is 4.39. The molecule has 4 nitrogen and oxygen atoms in total. The number of rotatable bonds is 5. The molecule has 0 radical (unpaired) electrons. The molecule has 118 valence electrons. The van der Waals surface area contributed by atoms with Crippen LogP contribution in [0.4, 0.5) is 0 Å². The molecule has 0 aromatic heterocycles. The summed E-state index contributed by atoms with van der Waals surface area (Å²) in [6, 6.07) is 5.39. The van der Waals surface area contributed by atoms with Crippen LogP contribution < -0.4 is 10.5 Å². The van der Waals surface area contributed by atoms with Crippen LogP contribution in [0.3, 0.4) is 0 Å². The van der Waals surface area contributed by atoms with Gasteiger partial charge < -0.3 is 5.73 Å². The molecule has 1 saturated carbocycles. The summed E-state index contributed by atoms with van der Waals surface area (Å²) >= 11 is 0. The van der Waals surface area contributed by atoms with Gasteiger partial charge in [-0.1, -0.05) is 38.3 Å². The first-order valence-corrected chi connectivity index (χ1v) is 9.28. The predicted molar refractivity (Wildman–Crippen MR) is 85.4 cm³/mol. The third kappa shape index (κ3) is 3.84. The monoisotopic (exact) mass is 310 g/mol. The molecule has 0 amide bonds. The van der Waals surface area contributed by atoms with Crippen LogP contribution >= 0.6 is 0 Å². The summed E-state index contributed by atoms with van der Waals surface area (Å²) in [7, 11) is -3.45. The van der Waals surface area contributed by atoms with Gasteiger partial charge in [-0.25, -0.2) is 13.1 Å². The van der Waals surface area contributed by atoms with Gasteiger partial charge in [-0.3, -0.25) is 0 Å². The van der Waals surface area contributed by atoms with E-state index in [0.29, 0.717) is 17.4 Å². The number of nitrogens with two attached hydrogens (primary N) is 1. The lowest BCUT2D eigenvalue weighted by Gasteiger charge is -2.31. The Morgan fingerprint density at radius 3 is 2.62 bits per heavy atom. The minimum atomic E-state index is -3.45. The topological polar surface area (TPSA) is 72.2 Å². The molecule has 2 unspecified atom stereocenters. The minimum Gasteiger partial charge on any atom is -0.326 e. The molecule has 21 heavy (non-hydrogen) atoms. The Morgan fingerprint density at radius 2 is 2.00 bits per heavy atom. The third-order valence-electron chi connectivity index (χ3n) is 4.50. The van der Waals surface area contributed by atoms with E-state index in [-0.39, 0.29) is 6.04 Å². The second-order valence-corrected chi connectivity index (χ2v) is 7.67. The largest absolute Gasteiger partial charge is 0.326 e. The van der Waals surface area contributed by atoms with Crippen molar-refractivity contribution in [2.45, 2.75) is 63.4 Å². The minimum absolute atomic E-state index is 0.0716. The Morgan fingerprint density at radius 1 is 1.29 bits per heavy atom. The average molecular weight is 310 g/mol. The maximum absolute atomic E-state index is 12.6. The molecule has 1 aromatic carbocycles. The van der Waals surface area contributed by atoms with Gasteiger partial charge in [0.2, 0.25) is 10.0 Å². The normalized spacial score (nSPS) is 23.2. The van der Waals surface area contributed by atoms with Crippen LogP contribution in [0.25, 0.3) is 0 Å². The Bertz CT molecular complexity index is 584. The molecule has 0 heterocycles. The Labute approximate surface area is 128 Å². The second-order valence-electron chi connectivity index (χ2n) is 5.98. The maximum atomic E-state index is 12.6. The fourth-order valence-corrected chi connectivity index (χ4v) is 4.82. The van der Waals surface area contributed by atoms with Crippen LogP contribution in [0.1, 0.15) is 50.2 Å². The standard InChI is InChI=1S/C16H26N2O2S/c1-3-14-6-4-5-7-15(14)18-21(19,20)16-9-8-13(11-17)10-12(16)2/h8-10,14-15,18H,3-7,11,17H2,1-2H3. The first-order chi connectivity index (χ1) is 9.97. The Kier molecular flexibility index (Phi) is 5.41. The third-order valence-corrected chi connectivity index (χ3v) is 6.15. The highest BCUT2D eigenvalue weighted by atomic mass is 32.2. The molecule has 2 atom stereocenters. The molecule has 1 fully saturated rings. The molecule has 3 N–H and O–H groups in total. The van der Waals surface area contributed by atoms with Crippen LogP contribution in [-0.4, -0.2) is 14.5 Å². The van der Waals surface area contributed by atoms with Crippen LogP contribution in [0.2, 0.25) is 0 Å². The van der Waals surface area contributed by atoms with Crippen molar-refractivity contribution in [3.63, 3.8) is 0 Å². The lowest BCUT2D eigenvalue weighted by Crippen LogP contribution is -2.42. The first kappa shape index (κ1) is 16.5. The van der Waals surface area contributed by atoms with E-state index in [2.05, 4.69) is 11.6 Å². The molecular formula is C16H26N2O2S. The van der Waals surface area contributed by atoms with Crippen molar-refractivity contribution < 1.29 is 8.42 Å². The van der Waals surface area contributed by atoms with Gasteiger partial charge in [0, 0.05) is 12.6 Å². The zero-order valence-corrected chi connectivity index (χ0v) is 13.7. The summed E-state index contributed by atoms with van der Waals surface area (Å²) in [4.78, 5) is 0.375. The van der Waals surface area contributed by atoms with Gasteiger partial charge in [0.05, 0.1) is 4.90 Å². The number of aryl methyl sites for hydroxylation is 1. The lowest BCUT2D eigenvalue weighted by atomic mass is 9.83. The van der Waals surface area contributed by atoms with Crippen molar-refractivity contribution in [2.24, 2.45) is 11.7 Å². The zero-order valence-electron chi connectivity index (χ0n) is 12.9. The smallest absolute Gasteiger partial charge is 0.241 e. The van der Waals surface area contributed by atoms with Gasteiger partial charge in [0.1, 0.15) is 0 Å². The molecular weight excluding hydrogens is 284 g/mol. The number of benzene rings is 1. The molecule has 0 saturated heterocycles. The van der Waals surface area contributed by atoms with Crippen molar-refractivity contribution in [1.29, 1.82) is 0 Å². The van der Waals surface area contributed by atoms with Gasteiger partial charge >= 0.3 is 0 Å². The Balaban J connectivity index is 2.21. The molecule has 1 aromatic rings. The van der Waals surface area contributed by atoms with Gasteiger partial charge in [0.25, 0.3) is 0 Å². The molecule has 1 aliphatic carbocycles. The highest BCUT2D eigenvalue weighted by Crippen LogP contribution is 2.28. The molecule has 2 rings (SSSR count). The molecule has 0 spiro atoms. The highest BCUT2D eigenvalue weighted by Gasteiger charge is 2.29. The molecule has 1 aliphatic rings. The van der Waals surface area contributed by atoms with Crippen LogP contribution in [0, 0.1) is 12.8 Å². The SMILES string of the molecule is CCC1CCCCC1NS(=O)(=O)c1ccc(CN)cc1C. The number of sulfonamides is 1. The van der Waals surface area contributed by atoms with Crippen molar-refractivity contribution in [3.8, 4) is 0 Å². The van der Waals surface area contributed by atoms with Crippen molar-refractivity contribution in [2.75, 3.05) is 0 Å². The predicted octanol–water partition coefficient (Wildman–Crippen LogP) is 2.70. The van der Waals surface area contributed by atoms with Crippen LogP contribution in [0.5, 0.6) is 0 Å². The Hall–Kier alpha value is -0.910.